The highest BCUT2D eigenvalue weighted by molar-refractivity contribution is 7.98. The molecule has 1 aromatic carbocycles. The largest absolute Gasteiger partial charge is 0.478 e. The first-order valence-corrected chi connectivity index (χ1v) is 8.08. The number of thioether (sulfide) groups is 1. The molecule has 1 aliphatic rings. The SMILES string of the molecule is O=C(O)C=Cc1ccc(CSCC2CCCC2)c(F)c1. The monoisotopic (exact) mass is 294 g/mol. The summed E-state index contributed by atoms with van der Waals surface area (Å²) in [6.45, 7) is 0. The Bertz CT molecular complexity index is 493. The van der Waals surface area contributed by atoms with E-state index in [-0.39, 0.29) is 5.82 Å². The van der Waals surface area contributed by atoms with Gasteiger partial charge in [-0.1, -0.05) is 25.0 Å². The van der Waals surface area contributed by atoms with Crippen molar-refractivity contribution in [3.63, 3.8) is 0 Å². The molecule has 1 aliphatic carbocycles. The second kappa shape index (κ2) is 7.48. The summed E-state index contributed by atoms with van der Waals surface area (Å²) in [5.41, 5.74) is 1.27. The van der Waals surface area contributed by atoms with E-state index < -0.39 is 5.97 Å². The van der Waals surface area contributed by atoms with Crippen molar-refractivity contribution >= 4 is 23.8 Å². The second-order valence-electron chi connectivity index (χ2n) is 5.19. The van der Waals surface area contributed by atoms with Crippen LogP contribution in [0.25, 0.3) is 6.08 Å². The smallest absolute Gasteiger partial charge is 0.328 e. The Morgan fingerprint density at radius 2 is 2.15 bits per heavy atom. The van der Waals surface area contributed by atoms with E-state index in [0.717, 1.165) is 17.7 Å². The molecule has 0 radical (unpaired) electrons. The van der Waals surface area contributed by atoms with Crippen molar-refractivity contribution in [1.29, 1.82) is 0 Å². The molecule has 1 aromatic rings. The van der Waals surface area contributed by atoms with Crippen LogP contribution in [0, 0.1) is 11.7 Å². The van der Waals surface area contributed by atoms with Gasteiger partial charge >= 0.3 is 5.97 Å². The van der Waals surface area contributed by atoms with Crippen LogP contribution in [-0.4, -0.2) is 16.8 Å². The number of hydrogen-bond donors (Lipinski definition) is 1. The van der Waals surface area contributed by atoms with E-state index in [1.807, 2.05) is 0 Å². The molecule has 0 atom stereocenters. The zero-order chi connectivity index (χ0) is 14.4. The standard InChI is InChI=1S/C16H19FO2S/c17-15-9-12(6-8-16(18)19)5-7-14(15)11-20-10-13-3-1-2-4-13/h5-9,13H,1-4,10-11H2,(H,18,19). The molecule has 0 bridgehead atoms. The molecule has 1 saturated carbocycles. The van der Waals surface area contributed by atoms with Crippen molar-refractivity contribution in [2.75, 3.05) is 5.75 Å². The number of benzene rings is 1. The lowest BCUT2D eigenvalue weighted by Crippen LogP contribution is -1.98. The van der Waals surface area contributed by atoms with Gasteiger partial charge in [-0.05, 0) is 47.8 Å². The number of carboxylic acids is 1. The molecule has 0 amide bonds. The summed E-state index contributed by atoms with van der Waals surface area (Å²) in [6.07, 6.45) is 7.72. The molecule has 0 saturated heterocycles. The Labute approximate surface area is 123 Å². The quantitative estimate of drug-likeness (QED) is 0.793. The zero-order valence-corrected chi connectivity index (χ0v) is 12.2. The van der Waals surface area contributed by atoms with Crippen LogP contribution in [0.5, 0.6) is 0 Å². The lowest BCUT2D eigenvalue weighted by Gasteiger charge is -2.09. The highest BCUT2D eigenvalue weighted by Crippen LogP contribution is 2.29. The molecular weight excluding hydrogens is 275 g/mol. The maximum absolute atomic E-state index is 13.9. The summed E-state index contributed by atoms with van der Waals surface area (Å²) >= 11 is 1.79. The first kappa shape index (κ1) is 15.1. The number of carboxylic acid groups (broad SMARTS) is 1. The van der Waals surface area contributed by atoms with E-state index in [0.29, 0.717) is 16.9 Å². The molecule has 2 rings (SSSR count). The van der Waals surface area contributed by atoms with E-state index >= 15 is 0 Å². The zero-order valence-electron chi connectivity index (χ0n) is 11.3. The molecule has 2 nitrogen and oxygen atoms in total. The van der Waals surface area contributed by atoms with Crippen molar-refractivity contribution < 1.29 is 14.3 Å². The van der Waals surface area contributed by atoms with Crippen LogP contribution in [0.15, 0.2) is 24.3 Å². The summed E-state index contributed by atoms with van der Waals surface area (Å²) in [4.78, 5) is 10.4. The molecule has 20 heavy (non-hydrogen) atoms. The average Bonchev–Trinajstić information content (AvgIpc) is 2.92. The lowest BCUT2D eigenvalue weighted by molar-refractivity contribution is -0.131. The van der Waals surface area contributed by atoms with Crippen LogP contribution in [0.3, 0.4) is 0 Å². The van der Waals surface area contributed by atoms with Gasteiger partial charge in [0.2, 0.25) is 0 Å². The Morgan fingerprint density at radius 3 is 2.80 bits per heavy atom. The summed E-state index contributed by atoms with van der Waals surface area (Å²) in [7, 11) is 0. The van der Waals surface area contributed by atoms with Crippen LogP contribution < -0.4 is 0 Å². The summed E-state index contributed by atoms with van der Waals surface area (Å²) in [6, 6.07) is 4.90. The Hall–Kier alpha value is -1.29. The van der Waals surface area contributed by atoms with Gasteiger partial charge in [0.25, 0.3) is 0 Å². The van der Waals surface area contributed by atoms with E-state index in [1.165, 1.54) is 37.8 Å². The summed E-state index contributed by atoms with van der Waals surface area (Å²) in [5, 5.41) is 8.53. The molecule has 0 heterocycles. The average molecular weight is 294 g/mol. The van der Waals surface area contributed by atoms with Crippen molar-refractivity contribution in [2.45, 2.75) is 31.4 Å². The van der Waals surface area contributed by atoms with Crippen molar-refractivity contribution in [3.05, 3.63) is 41.2 Å². The van der Waals surface area contributed by atoms with Crippen molar-refractivity contribution in [2.24, 2.45) is 5.92 Å². The maximum atomic E-state index is 13.9. The lowest BCUT2D eigenvalue weighted by atomic mass is 10.1. The molecule has 0 aliphatic heterocycles. The molecule has 1 fully saturated rings. The van der Waals surface area contributed by atoms with Gasteiger partial charge in [0.05, 0.1) is 0 Å². The van der Waals surface area contributed by atoms with Gasteiger partial charge in [0.15, 0.2) is 0 Å². The first-order chi connectivity index (χ1) is 9.65. The molecule has 0 unspecified atom stereocenters. The summed E-state index contributed by atoms with van der Waals surface area (Å²) in [5.74, 6) is 1.32. The van der Waals surface area contributed by atoms with Crippen molar-refractivity contribution in [1.82, 2.24) is 0 Å². The summed E-state index contributed by atoms with van der Waals surface area (Å²) < 4.78 is 13.9. The number of aliphatic carboxylic acids is 1. The third-order valence-corrected chi connectivity index (χ3v) is 4.80. The van der Waals surface area contributed by atoms with Crippen LogP contribution in [0.4, 0.5) is 4.39 Å². The molecule has 0 spiro atoms. The van der Waals surface area contributed by atoms with Gasteiger partial charge in [0, 0.05) is 11.8 Å². The number of rotatable bonds is 6. The van der Waals surface area contributed by atoms with Gasteiger partial charge in [-0.2, -0.15) is 11.8 Å². The minimum absolute atomic E-state index is 0.253. The highest BCUT2D eigenvalue weighted by atomic mass is 32.2. The molecule has 4 heteroatoms. The molecule has 0 aromatic heterocycles. The first-order valence-electron chi connectivity index (χ1n) is 6.92. The van der Waals surface area contributed by atoms with Gasteiger partial charge in [0.1, 0.15) is 5.82 Å². The normalized spacial score (nSPS) is 16.1. The predicted molar refractivity (Wildman–Crippen MR) is 81.2 cm³/mol. The molecule has 108 valence electrons. The molecule has 1 N–H and O–H groups in total. The minimum atomic E-state index is -1.03. The fourth-order valence-corrected chi connectivity index (χ4v) is 3.70. The Morgan fingerprint density at radius 1 is 1.40 bits per heavy atom. The second-order valence-corrected chi connectivity index (χ2v) is 6.22. The fraction of sp³-hybridized carbons (Fsp3) is 0.438. The van der Waals surface area contributed by atoms with E-state index in [9.17, 15) is 9.18 Å². The van der Waals surface area contributed by atoms with Gasteiger partial charge in [-0.25, -0.2) is 9.18 Å². The van der Waals surface area contributed by atoms with Crippen molar-refractivity contribution in [3.8, 4) is 0 Å². The number of carbonyl (C=O) groups is 1. The van der Waals surface area contributed by atoms with Crippen LogP contribution >= 0.6 is 11.8 Å². The van der Waals surface area contributed by atoms with E-state index in [1.54, 1.807) is 23.9 Å². The number of halogens is 1. The third-order valence-electron chi connectivity index (χ3n) is 3.58. The molecular formula is C16H19FO2S. The van der Waals surface area contributed by atoms with Crippen LogP contribution in [-0.2, 0) is 10.5 Å². The van der Waals surface area contributed by atoms with Gasteiger partial charge in [-0.15, -0.1) is 0 Å². The van der Waals surface area contributed by atoms with Gasteiger partial charge < -0.3 is 5.11 Å². The minimum Gasteiger partial charge on any atom is -0.478 e. The van der Waals surface area contributed by atoms with Crippen LogP contribution in [0.2, 0.25) is 0 Å². The fourth-order valence-electron chi connectivity index (χ4n) is 2.46. The predicted octanol–water partition coefficient (Wildman–Crippen LogP) is 4.35. The number of hydrogen-bond acceptors (Lipinski definition) is 2. The van der Waals surface area contributed by atoms with Gasteiger partial charge in [-0.3, -0.25) is 0 Å². The van der Waals surface area contributed by atoms with E-state index in [4.69, 9.17) is 5.11 Å². The topological polar surface area (TPSA) is 37.3 Å². The highest BCUT2D eigenvalue weighted by Gasteiger charge is 2.14. The van der Waals surface area contributed by atoms with E-state index in [2.05, 4.69) is 0 Å². The Kier molecular flexibility index (Phi) is 5.65. The van der Waals surface area contributed by atoms with Crippen LogP contribution in [0.1, 0.15) is 36.8 Å². The Balaban J connectivity index is 1.86. The maximum Gasteiger partial charge on any atom is 0.328 e. The third kappa shape index (κ3) is 4.67.